The van der Waals surface area contributed by atoms with Crippen molar-refractivity contribution < 1.29 is 34.2 Å². The quantitative estimate of drug-likeness (QED) is 0.636. The van der Waals surface area contributed by atoms with Gasteiger partial charge in [0.1, 0.15) is 35.7 Å². The third-order valence-electron chi connectivity index (χ3n) is 4.56. The number of hydrogen-bond acceptors (Lipinski definition) is 7. The molecular formula is C21H23NO6S. The largest absolute Gasteiger partial charge is 0.544 e. The molecule has 0 saturated carbocycles. The van der Waals surface area contributed by atoms with Gasteiger partial charge >= 0.3 is 5.97 Å². The lowest BCUT2D eigenvalue weighted by Gasteiger charge is -2.16. The first-order chi connectivity index (χ1) is 14.0. The van der Waals surface area contributed by atoms with Gasteiger partial charge in [0.2, 0.25) is 0 Å². The third-order valence-corrected chi connectivity index (χ3v) is 5.90. The van der Waals surface area contributed by atoms with Gasteiger partial charge in [-0.1, -0.05) is 23.9 Å². The number of nitrogens with two attached hydrogens (primary N) is 1. The van der Waals surface area contributed by atoms with Gasteiger partial charge in [-0.15, -0.1) is 0 Å². The number of carbonyl (C=O) groups is 2. The SMILES string of the molecule is CCOC(=O)c1ccccc1OCc1cc([C@@H]2[NH2+][C@H](C(=O)[O-])CS2)ccc1OC. The number of hydrogen-bond donors (Lipinski definition) is 1. The molecule has 8 heteroatoms. The van der Waals surface area contributed by atoms with E-state index in [2.05, 4.69) is 0 Å². The van der Waals surface area contributed by atoms with Crippen molar-refractivity contribution in [1.29, 1.82) is 0 Å². The fourth-order valence-corrected chi connectivity index (χ4v) is 4.40. The van der Waals surface area contributed by atoms with Crippen molar-refractivity contribution in [1.82, 2.24) is 0 Å². The smallest absolute Gasteiger partial charge is 0.341 e. The Hall–Kier alpha value is -2.71. The summed E-state index contributed by atoms with van der Waals surface area (Å²) in [4.78, 5) is 23.2. The Balaban J connectivity index is 1.77. The number of thioether (sulfide) groups is 1. The van der Waals surface area contributed by atoms with Crippen LogP contribution in [0, 0.1) is 0 Å². The van der Waals surface area contributed by atoms with Gasteiger partial charge in [-0.3, -0.25) is 0 Å². The van der Waals surface area contributed by atoms with Crippen LogP contribution in [-0.2, 0) is 16.1 Å². The Kier molecular flexibility index (Phi) is 7.00. The van der Waals surface area contributed by atoms with Crippen molar-refractivity contribution in [2.75, 3.05) is 19.5 Å². The van der Waals surface area contributed by atoms with Crippen LogP contribution >= 0.6 is 11.8 Å². The molecule has 2 aromatic rings. The molecule has 0 spiro atoms. The van der Waals surface area contributed by atoms with E-state index in [0.717, 1.165) is 11.1 Å². The molecule has 0 bridgehead atoms. The van der Waals surface area contributed by atoms with Gasteiger partial charge in [-0.05, 0) is 37.3 Å². The highest BCUT2D eigenvalue weighted by Crippen LogP contribution is 2.31. The molecule has 1 aliphatic rings. The van der Waals surface area contributed by atoms with Crippen LogP contribution in [0.15, 0.2) is 42.5 Å². The maximum absolute atomic E-state index is 12.1. The van der Waals surface area contributed by atoms with Gasteiger partial charge in [0.15, 0.2) is 5.37 Å². The lowest BCUT2D eigenvalue weighted by atomic mass is 10.1. The van der Waals surface area contributed by atoms with Gasteiger partial charge in [-0.25, -0.2) is 4.79 Å². The molecule has 0 aliphatic carbocycles. The van der Waals surface area contributed by atoms with E-state index >= 15 is 0 Å². The molecule has 0 aromatic heterocycles. The molecule has 0 amide bonds. The topological polar surface area (TPSA) is 102 Å². The van der Waals surface area contributed by atoms with E-state index < -0.39 is 18.0 Å². The van der Waals surface area contributed by atoms with Crippen LogP contribution in [0.25, 0.3) is 0 Å². The fraction of sp³-hybridized carbons (Fsp3) is 0.333. The molecule has 2 N–H and O–H groups in total. The Morgan fingerprint density at radius 1 is 1.21 bits per heavy atom. The zero-order valence-electron chi connectivity index (χ0n) is 16.3. The van der Waals surface area contributed by atoms with Gasteiger partial charge in [0.05, 0.1) is 19.5 Å². The second-order valence-electron chi connectivity index (χ2n) is 6.45. The summed E-state index contributed by atoms with van der Waals surface area (Å²) in [6, 6.07) is 12.1. The number of carboxylic acid groups (broad SMARTS) is 1. The summed E-state index contributed by atoms with van der Waals surface area (Å²) in [5.74, 6) is 0.0957. The van der Waals surface area contributed by atoms with Crippen molar-refractivity contribution in [3.63, 3.8) is 0 Å². The highest BCUT2D eigenvalue weighted by atomic mass is 32.2. The lowest BCUT2D eigenvalue weighted by Crippen LogP contribution is -2.90. The van der Waals surface area contributed by atoms with Crippen molar-refractivity contribution >= 4 is 23.7 Å². The minimum Gasteiger partial charge on any atom is -0.544 e. The lowest BCUT2D eigenvalue weighted by molar-refractivity contribution is -0.690. The summed E-state index contributed by atoms with van der Waals surface area (Å²) < 4.78 is 16.4. The first-order valence-electron chi connectivity index (χ1n) is 9.26. The van der Waals surface area contributed by atoms with Crippen LogP contribution < -0.4 is 19.9 Å². The summed E-state index contributed by atoms with van der Waals surface area (Å²) in [5, 5.41) is 12.9. The number of methoxy groups -OCH3 is 1. The number of benzene rings is 2. The average Bonchev–Trinajstić information content (AvgIpc) is 3.23. The minimum atomic E-state index is -1.05. The Bertz CT molecular complexity index is 887. The van der Waals surface area contributed by atoms with E-state index in [1.807, 2.05) is 18.2 Å². The van der Waals surface area contributed by atoms with Crippen LogP contribution in [0.4, 0.5) is 0 Å². The number of rotatable bonds is 8. The zero-order valence-corrected chi connectivity index (χ0v) is 17.1. The molecule has 0 unspecified atom stereocenters. The molecule has 3 rings (SSSR count). The molecule has 1 heterocycles. The molecule has 2 atom stereocenters. The van der Waals surface area contributed by atoms with E-state index in [9.17, 15) is 14.7 Å². The number of quaternary nitrogens is 1. The van der Waals surface area contributed by atoms with E-state index in [-0.39, 0.29) is 18.6 Å². The molecule has 7 nitrogen and oxygen atoms in total. The van der Waals surface area contributed by atoms with Crippen molar-refractivity contribution in [2.24, 2.45) is 0 Å². The van der Waals surface area contributed by atoms with E-state index in [1.54, 1.807) is 55.4 Å². The Labute approximate surface area is 173 Å². The number of carbonyl (C=O) groups excluding carboxylic acids is 2. The van der Waals surface area contributed by atoms with Crippen molar-refractivity contribution in [3.05, 3.63) is 59.2 Å². The highest BCUT2D eigenvalue weighted by Gasteiger charge is 2.31. The number of esters is 1. The van der Waals surface area contributed by atoms with E-state index in [1.165, 1.54) is 0 Å². The number of aliphatic carboxylic acids is 1. The first kappa shape index (κ1) is 21.0. The summed E-state index contributed by atoms with van der Waals surface area (Å²) in [7, 11) is 1.58. The summed E-state index contributed by atoms with van der Waals surface area (Å²) in [6.07, 6.45) is 0. The van der Waals surface area contributed by atoms with Crippen LogP contribution in [0.2, 0.25) is 0 Å². The molecule has 2 aromatic carbocycles. The van der Waals surface area contributed by atoms with Crippen LogP contribution in [0.1, 0.15) is 33.8 Å². The molecule has 154 valence electrons. The third kappa shape index (κ3) is 5.02. The molecule has 1 aliphatic heterocycles. The summed E-state index contributed by atoms with van der Waals surface area (Å²) >= 11 is 1.56. The predicted molar refractivity (Wildman–Crippen MR) is 106 cm³/mol. The Morgan fingerprint density at radius 2 is 2.00 bits per heavy atom. The maximum Gasteiger partial charge on any atom is 0.341 e. The van der Waals surface area contributed by atoms with Crippen LogP contribution in [0.5, 0.6) is 11.5 Å². The normalized spacial score (nSPS) is 18.3. The second-order valence-corrected chi connectivity index (χ2v) is 7.62. The summed E-state index contributed by atoms with van der Waals surface area (Å²) in [6.45, 7) is 2.22. The molecule has 29 heavy (non-hydrogen) atoms. The van der Waals surface area contributed by atoms with E-state index in [4.69, 9.17) is 14.2 Å². The van der Waals surface area contributed by atoms with Crippen molar-refractivity contribution in [2.45, 2.75) is 24.9 Å². The molecule has 1 saturated heterocycles. The monoisotopic (exact) mass is 417 g/mol. The zero-order chi connectivity index (χ0) is 20.8. The Morgan fingerprint density at radius 3 is 2.69 bits per heavy atom. The summed E-state index contributed by atoms with van der Waals surface area (Å²) in [5.41, 5.74) is 2.13. The average molecular weight is 417 g/mol. The standard InChI is InChI=1S/C21H23NO6S/c1-3-27-21(25)15-6-4-5-7-18(15)28-11-14-10-13(8-9-17(14)26-2)19-22-16(12-29-19)20(23)24/h4-10,16,19,22H,3,11-12H2,1-2H3,(H,23,24)/t16-,19+/m0/s1. The second kappa shape index (κ2) is 9.67. The van der Waals surface area contributed by atoms with Crippen molar-refractivity contribution in [3.8, 4) is 11.5 Å². The number of carboxylic acids is 1. The molecule has 1 fully saturated rings. The van der Waals surface area contributed by atoms with E-state index in [0.29, 0.717) is 22.8 Å². The fourth-order valence-electron chi connectivity index (χ4n) is 3.10. The van der Waals surface area contributed by atoms with Gasteiger partial charge in [0.25, 0.3) is 0 Å². The predicted octanol–water partition coefficient (Wildman–Crippen LogP) is 0.878. The van der Waals surface area contributed by atoms with Crippen LogP contribution in [0.3, 0.4) is 0 Å². The highest BCUT2D eigenvalue weighted by molar-refractivity contribution is 7.99. The van der Waals surface area contributed by atoms with Gasteiger partial charge in [0, 0.05) is 11.1 Å². The maximum atomic E-state index is 12.1. The first-order valence-corrected chi connectivity index (χ1v) is 10.3. The van der Waals surface area contributed by atoms with Gasteiger partial charge < -0.3 is 29.4 Å². The number of ether oxygens (including phenoxy) is 3. The minimum absolute atomic E-state index is 0.0330. The number of para-hydroxylation sites is 1. The molecular weight excluding hydrogens is 394 g/mol. The van der Waals surface area contributed by atoms with Gasteiger partial charge in [-0.2, -0.15) is 0 Å². The van der Waals surface area contributed by atoms with Crippen LogP contribution in [-0.4, -0.2) is 37.4 Å². The molecule has 0 radical (unpaired) electrons.